The minimum atomic E-state index is -0.0855. The molecule has 2 nitrogen and oxygen atoms in total. The molecule has 0 unspecified atom stereocenters. The fraction of sp³-hybridized carbons (Fsp3) is 0.100. The minimum Gasteiger partial charge on any atom is -0.390 e. The lowest BCUT2D eigenvalue weighted by Crippen LogP contribution is -1.86. The molecule has 0 atom stereocenters. The van der Waals surface area contributed by atoms with E-state index in [1.54, 1.807) is 17.6 Å². The number of aliphatic hydroxyl groups excluding tert-OH is 1. The van der Waals surface area contributed by atoms with Gasteiger partial charge in [-0.05, 0) is 12.1 Å². The molecule has 0 amide bonds. The van der Waals surface area contributed by atoms with Crippen molar-refractivity contribution in [2.75, 3.05) is 0 Å². The van der Waals surface area contributed by atoms with Gasteiger partial charge in [0.05, 0.1) is 27.7 Å². The quantitative estimate of drug-likeness (QED) is 0.894. The van der Waals surface area contributed by atoms with Crippen LogP contribution in [0.3, 0.4) is 0 Å². The third-order valence-corrected chi connectivity index (χ3v) is 3.42. The second-order valence-electron chi connectivity index (χ2n) is 2.91. The second-order valence-corrected chi connectivity index (χ2v) is 4.61. The van der Waals surface area contributed by atoms with Crippen molar-refractivity contribution in [3.8, 4) is 10.4 Å². The van der Waals surface area contributed by atoms with Gasteiger partial charge in [-0.15, -0.1) is 11.3 Å². The third kappa shape index (κ3) is 2.16. The lowest BCUT2D eigenvalue weighted by Gasteiger charge is -2.03. The van der Waals surface area contributed by atoms with E-state index in [2.05, 4.69) is 4.98 Å². The predicted molar refractivity (Wildman–Crippen MR) is 63.5 cm³/mol. The number of aromatic nitrogens is 1. The highest BCUT2D eigenvalue weighted by molar-refractivity contribution is 7.13. The van der Waals surface area contributed by atoms with Crippen LogP contribution in [-0.2, 0) is 6.61 Å². The first-order valence-electron chi connectivity index (χ1n) is 4.21. The van der Waals surface area contributed by atoms with Gasteiger partial charge in [0.15, 0.2) is 0 Å². The fourth-order valence-corrected chi connectivity index (χ4v) is 2.68. The summed E-state index contributed by atoms with van der Waals surface area (Å²) in [5, 5.41) is 10.3. The van der Waals surface area contributed by atoms with Crippen molar-refractivity contribution < 1.29 is 5.11 Å². The van der Waals surface area contributed by atoms with Gasteiger partial charge in [-0.2, -0.15) is 0 Å². The molecule has 1 aromatic carbocycles. The number of thiazole rings is 1. The maximum atomic E-state index is 9.09. The van der Waals surface area contributed by atoms with Crippen LogP contribution in [0.4, 0.5) is 0 Å². The highest BCUT2D eigenvalue weighted by Crippen LogP contribution is 2.34. The molecule has 15 heavy (non-hydrogen) atoms. The van der Waals surface area contributed by atoms with Gasteiger partial charge in [0.25, 0.3) is 0 Å². The monoisotopic (exact) mass is 259 g/mol. The van der Waals surface area contributed by atoms with Crippen LogP contribution in [0.25, 0.3) is 10.4 Å². The van der Waals surface area contributed by atoms with Gasteiger partial charge in [-0.3, -0.25) is 0 Å². The average molecular weight is 260 g/mol. The molecular weight excluding hydrogens is 253 g/mol. The van der Waals surface area contributed by atoms with Crippen LogP contribution >= 0.6 is 34.5 Å². The van der Waals surface area contributed by atoms with Crippen LogP contribution < -0.4 is 0 Å². The smallest absolute Gasteiger partial charge is 0.0867 e. The summed E-state index contributed by atoms with van der Waals surface area (Å²) < 4.78 is 0. The van der Waals surface area contributed by atoms with Gasteiger partial charge in [-0.1, -0.05) is 29.3 Å². The Morgan fingerprint density at radius 1 is 1.33 bits per heavy atom. The number of halogens is 2. The first kappa shape index (κ1) is 10.9. The molecule has 0 saturated carbocycles. The zero-order chi connectivity index (χ0) is 10.8. The average Bonchev–Trinajstić information content (AvgIpc) is 2.65. The number of hydrogen-bond donors (Lipinski definition) is 1. The van der Waals surface area contributed by atoms with Crippen LogP contribution in [-0.4, -0.2) is 10.1 Å². The molecule has 2 aromatic rings. The van der Waals surface area contributed by atoms with Crippen LogP contribution in [0.5, 0.6) is 0 Å². The van der Waals surface area contributed by atoms with E-state index >= 15 is 0 Å². The van der Waals surface area contributed by atoms with Crippen molar-refractivity contribution in [1.82, 2.24) is 4.98 Å². The summed E-state index contributed by atoms with van der Waals surface area (Å²) in [7, 11) is 0. The van der Waals surface area contributed by atoms with Crippen molar-refractivity contribution in [2.24, 2.45) is 0 Å². The molecule has 0 aliphatic carbocycles. The summed E-state index contributed by atoms with van der Waals surface area (Å²) in [6.45, 7) is -0.0855. The molecule has 0 spiro atoms. The number of nitrogens with zero attached hydrogens (tertiary/aromatic N) is 1. The Kier molecular flexibility index (Phi) is 3.26. The number of aliphatic hydroxyl groups is 1. The number of hydrogen-bond acceptors (Lipinski definition) is 3. The number of benzene rings is 1. The molecule has 0 aliphatic heterocycles. The van der Waals surface area contributed by atoms with E-state index in [1.807, 2.05) is 6.07 Å². The van der Waals surface area contributed by atoms with Gasteiger partial charge in [0.1, 0.15) is 0 Å². The van der Waals surface area contributed by atoms with Crippen LogP contribution in [0.1, 0.15) is 5.69 Å². The van der Waals surface area contributed by atoms with Gasteiger partial charge in [0.2, 0.25) is 0 Å². The Hall–Kier alpha value is -0.610. The molecule has 5 heteroatoms. The summed E-state index contributed by atoms with van der Waals surface area (Å²) >= 11 is 13.3. The first-order valence-corrected chi connectivity index (χ1v) is 5.84. The highest BCUT2D eigenvalue weighted by Gasteiger charge is 2.11. The topological polar surface area (TPSA) is 33.1 Å². The molecule has 2 rings (SSSR count). The standard InChI is InChI=1S/C10H7Cl2NOS/c11-6-1-2-7(8(12)3-6)10-9(4-14)13-5-15-10/h1-3,5,14H,4H2. The van der Waals surface area contributed by atoms with Crippen LogP contribution in [0, 0.1) is 0 Å². The lowest BCUT2D eigenvalue weighted by atomic mass is 10.1. The molecule has 0 bridgehead atoms. The fourth-order valence-electron chi connectivity index (χ4n) is 1.27. The van der Waals surface area contributed by atoms with Gasteiger partial charge in [0, 0.05) is 10.6 Å². The van der Waals surface area contributed by atoms with E-state index in [0.29, 0.717) is 15.7 Å². The molecule has 0 radical (unpaired) electrons. The minimum absolute atomic E-state index is 0.0855. The van der Waals surface area contributed by atoms with Crippen molar-refractivity contribution in [2.45, 2.75) is 6.61 Å². The SMILES string of the molecule is OCc1ncsc1-c1ccc(Cl)cc1Cl. The molecule has 1 heterocycles. The van der Waals surface area contributed by atoms with E-state index in [4.69, 9.17) is 28.3 Å². The maximum Gasteiger partial charge on any atom is 0.0867 e. The van der Waals surface area contributed by atoms with Crippen molar-refractivity contribution in [3.05, 3.63) is 39.4 Å². The Labute approximate surface area is 101 Å². The molecule has 1 aromatic heterocycles. The van der Waals surface area contributed by atoms with Crippen molar-refractivity contribution in [3.63, 3.8) is 0 Å². The molecular formula is C10H7Cl2NOS. The molecule has 0 aliphatic rings. The highest BCUT2D eigenvalue weighted by atomic mass is 35.5. The Morgan fingerprint density at radius 3 is 2.80 bits per heavy atom. The zero-order valence-electron chi connectivity index (χ0n) is 7.58. The van der Waals surface area contributed by atoms with Crippen LogP contribution in [0.15, 0.2) is 23.7 Å². The molecule has 1 N–H and O–H groups in total. The van der Waals surface area contributed by atoms with Gasteiger partial charge in [-0.25, -0.2) is 4.98 Å². The third-order valence-electron chi connectivity index (χ3n) is 1.97. The molecule has 0 fully saturated rings. The summed E-state index contributed by atoms with van der Waals surface area (Å²) in [4.78, 5) is 4.94. The van der Waals surface area contributed by atoms with E-state index < -0.39 is 0 Å². The van der Waals surface area contributed by atoms with Gasteiger partial charge >= 0.3 is 0 Å². The maximum absolute atomic E-state index is 9.09. The molecule has 0 saturated heterocycles. The summed E-state index contributed by atoms with van der Waals surface area (Å²) in [6.07, 6.45) is 0. The summed E-state index contributed by atoms with van der Waals surface area (Å²) in [5.41, 5.74) is 3.18. The first-order chi connectivity index (χ1) is 7.22. The normalized spacial score (nSPS) is 10.6. The Bertz CT molecular complexity index is 484. The Morgan fingerprint density at radius 2 is 2.13 bits per heavy atom. The summed E-state index contributed by atoms with van der Waals surface area (Å²) in [6, 6.07) is 5.28. The van der Waals surface area contributed by atoms with Crippen molar-refractivity contribution >= 4 is 34.5 Å². The number of rotatable bonds is 2. The second kappa shape index (κ2) is 4.49. The van der Waals surface area contributed by atoms with Gasteiger partial charge < -0.3 is 5.11 Å². The summed E-state index contributed by atoms with van der Waals surface area (Å²) in [5.74, 6) is 0. The largest absolute Gasteiger partial charge is 0.390 e. The van der Waals surface area contributed by atoms with E-state index in [-0.39, 0.29) is 6.61 Å². The van der Waals surface area contributed by atoms with E-state index in [0.717, 1.165) is 10.4 Å². The zero-order valence-corrected chi connectivity index (χ0v) is 9.90. The van der Waals surface area contributed by atoms with E-state index in [9.17, 15) is 0 Å². The van der Waals surface area contributed by atoms with Crippen molar-refractivity contribution in [1.29, 1.82) is 0 Å². The molecule has 78 valence electrons. The lowest BCUT2D eigenvalue weighted by molar-refractivity contribution is 0.278. The Balaban J connectivity index is 2.54. The van der Waals surface area contributed by atoms with Crippen LogP contribution in [0.2, 0.25) is 10.0 Å². The van der Waals surface area contributed by atoms with E-state index in [1.165, 1.54) is 11.3 Å². The predicted octanol–water partition coefficient (Wildman–Crippen LogP) is 3.61.